The molecule has 0 amide bonds. The summed E-state index contributed by atoms with van der Waals surface area (Å²) in [6, 6.07) is 8.13. The van der Waals surface area contributed by atoms with Gasteiger partial charge in [0, 0.05) is 12.6 Å². The maximum absolute atomic E-state index is 5.77. The lowest BCUT2D eigenvalue weighted by molar-refractivity contribution is 0.234. The van der Waals surface area contributed by atoms with Gasteiger partial charge in [0.1, 0.15) is 11.9 Å². The Morgan fingerprint density at radius 2 is 2.29 bits per heavy atom. The van der Waals surface area contributed by atoms with Crippen molar-refractivity contribution in [3.05, 3.63) is 48.0 Å². The molecule has 0 fully saturated rings. The van der Waals surface area contributed by atoms with Gasteiger partial charge in [-0.05, 0) is 11.6 Å². The van der Waals surface area contributed by atoms with Crippen LogP contribution in [0.5, 0.6) is 5.75 Å². The Kier molecular flexibility index (Phi) is 1.56. The van der Waals surface area contributed by atoms with Crippen molar-refractivity contribution in [2.24, 2.45) is 0 Å². The first-order valence-corrected chi connectivity index (χ1v) is 4.67. The molecule has 1 aliphatic rings. The van der Waals surface area contributed by atoms with Gasteiger partial charge in [0.25, 0.3) is 0 Å². The summed E-state index contributed by atoms with van der Waals surface area (Å²) in [5.41, 5.74) is 2.24. The third kappa shape index (κ3) is 1.09. The van der Waals surface area contributed by atoms with Gasteiger partial charge in [-0.1, -0.05) is 18.2 Å². The summed E-state index contributed by atoms with van der Waals surface area (Å²) in [5.74, 6) is 0.987. The number of ether oxygens (including phenoxy) is 1. The Balaban J connectivity index is 1.92. The molecule has 3 rings (SSSR count). The predicted molar refractivity (Wildman–Crippen MR) is 52.1 cm³/mol. The van der Waals surface area contributed by atoms with Crippen molar-refractivity contribution >= 4 is 0 Å². The van der Waals surface area contributed by atoms with Crippen LogP contribution in [-0.2, 0) is 6.42 Å². The first kappa shape index (κ1) is 7.62. The average Bonchev–Trinajstić information content (AvgIpc) is 2.86. The zero-order valence-electron chi connectivity index (χ0n) is 7.60. The number of nitrogens with one attached hydrogen (secondary N) is 1. The van der Waals surface area contributed by atoms with Gasteiger partial charge in [0.05, 0.1) is 12.0 Å². The highest BCUT2D eigenvalue weighted by atomic mass is 16.5. The molecule has 0 spiro atoms. The molecule has 0 radical (unpaired) electrons. The highest BCUT2D eigenvalue weighted by Gasteiger charge is 2.24. The van der Waals surface area contributed by atoms with E-state index in [2.05, 4.69) is 16.0 Å². The molecule has 0 saturated carbocycles. The second-order valence-corrected chi connectivity index (χ2v) is 3.41. The molecule has 70 valence electrons. The molecule has 1 aromatic carbocycles. The Morgan fingerprint density at radius 3 is 3.07 bits per heavy atom. The smallest absolute Gasteiger partial charge is 0.146 e. The third-order valence-electron chi connectivity index (χ3n) is 2.50. The molecule has 3 nitrogen and oxygen atoms in total. The fourth-order valence-corrected chi connectivity index (χ4v) is 1.79. The minimum Gasteiger partial charge on any atom is -0.483 e. The number of fused-ring (bicyclic) bond motifs is 1. The van der Waals surface area contributed by atoms with Crippen LogP contribution < -0.4 is 4.74 Å². The lowest BCUT2D eigenvalue weighted by atomic mass is 10.1. The first-order chi connectivity index (χ1) is 6.93. The van der Waals surface area contributed by atoms with E-state index in [1.165, 1.54) is 5.56 Å². The van der Waals surface area contributed by atoms with Gasteiger partial charge >= 0.3 is 0 Å². The molecular weight excluding hydrogens is 176 g/mol. The second-order valence-electron chi connectivity index (χ2n) is 3.41. The largest absolute Gasteiger partial charge is 0.483 e. The Morgan fingerprint density at radius 1 is 1.36 bits per heavy atom. The second kappa shape index (κ2) is 2.87. The summed E-state index contributed by atoms with van der Waals surface area (Å²) in [6.45, 7) is 0. The molecular formula is C11H10N2O. The van der Waals surface area contributed by atoms with Crippen LogP contribution in [0.25, 0.3) is 0 Å². The van der Waals surface area contributed by atoms with Crippen LogP contribution in [0.1, 0.15) is 17.4 Å². The molecule has 1 aliphatic heterocycles. The molecule has 1 unspecified atom stereocenters. The molecule has 0 saturated heterocycles. The minimum absolute atomic E-state index is 0.0821. The molecule has 0 aliphatic carbocycles. The molecule has 3 heteroatoms. The molecule has 2 heterocycles. The van der Waals surface area contributed by atoms with Gasteiger partial charge in [0.15, 0.2) is 0 Å². The summed E-state index contributed by atoms with van der Waals surface area (Å²) < 4.78 is 5.77. The topological polar surface area (TPSA) is 37.9 Å². The van der Waals surface area contributed by atoms with E-state index < -0.39 is 0 Å². The van der Waals surface area contributed by atoms with Crippen LogP contribution in [0.4, 0.5) is 0 Å². The van der Waals surface area contributed by atoms with Crippen molar-refractivity contribution in [2.75, 3.05) is 0 Å². The van der Waals surface area contributed by atoms with Gasteiger partial charge in [-0.15, -0.1) is 0 Å². The average molecular weight is 186 g/mol. The maximum Gasteiger partial charge on any atom is 0.146 e. The SMILES string of the molecule is c1ccc2c(c1)CC(c1c[nH]cn1)O2. The van der Waals surface area contributed by atoms with Crippen LogP contribution in [0.15, 0.2) is 36.8 Å². The van der Waals surface area contributed by atoms with E-state index >= 15 is 0 Å². The Hall–Kier alpha value is -1.77. The predicted octanol–water partition coefficient (Wildman–Crippen LogP) is 2.09. The lowest BCUT2D eigenvalue weighted by Crippen LogP contribution is -2.02. The van der Waals surface area contributed by atoms with Crippen LogP contribution in [0.2, 0.25) is 0 Å². The van der Waals surface area contributed by atoms with Crippen LogP contribution in [0.3, 0.4) is 0 Å². The number of hydrogen-bond donors (Lipinski definition) is 1. The molecule has 1 N–H and O–H groups in total. The Bertz CT molecular complexity index is 411. The number of rotatable bonds is 1. The monoisotopic (exact) mass is 186 g/mol. The summed E-state index contributed by atoms with van der Waals surface area (Å²) in [7, 11) is 0. The number of para-hydroxylation sites is 1. The lowest BCUT2D eigenvalue weighted by Gasteiger charge is -2.06. The van der Waals surface area contributed by atoms with Gasteiger partial charge in [-0.2, -0.15) is 0 Å². The number of aromatic nitrogens is 2. The molecule has 1 atom stereocenters. The van der Waals surface area contributed by atoms with Crippen molar-refractivity contribution in [3.8, 4) is 5.75 Å². The normalized spacial score (nSPS) is 19.0. The Labute approximate surface area is 81.8 Å². The molecule has 2 aromatic rings. The van der Waals surface area contributed by atoms with Crippen LogP contribution in [-0.4, -0.2) is 9.97 Å². The van der Waals surface area contributed by atoms with E-state index in [9.17, 15) is 0 Å². The number of benzene rings is 1. The first-order valence-electron chi connectivity index (χ1n) is 4.67. The highest BCUT2D eigenvalue weighted by molar-refractivity contribution is 5.38. The fourth-order valence-electron chi connectivity index (χ4n) is 1.79. The van der Waals surface area contributed by atoms with E-state index in [0.717, 1.165) is 17.9 Å². The standard InChI is InChI=1S/C11H10N2O/c1-2-4-10-8(3-1)5-11(14-10)9-6-12-7-13-9/h1-4,6-7,11H,5H2,(H,12,13). The molecule has 14 heavy (non-hydrogen) atoms. The van der Waals surface area contributed by atoms with Gasteiger partial charge in [-0.25, -0.2) is 4.98 Å². The van der Waals surface area contributed by atoms with Crippen molar-refractivity contribution in [3.63, 3.8) is 0 Å². The van der Waals surface area contributed by atoms with Gasteiger partial charge in [0.2, 0.25) is 0 Å². The summed E-state index contributed by atoms with van der Waals surface area (Å²) in [6.07, 6.45) is 4.57. The number of H-pyrrole nitrogens is 1. The summed E-state index contributed by atoms with van der Waals surface area (Å²) in [4.78, 5) is 7.14. The van der Waals surface area contributed by atoms with E-state index in [4.69, 9.17) is 4.74 Å². The third-order valence-corrected chi connectivity index (χ3v) is 2.50. The zero-order chi connectivity index (χ0) is 9.38. The quantitative estimate of drug-likeness (QED) is 0.740. The molecule has 0 bridgehead atoms. The number of hydrogen-bond acceptors (Lipinski definition) is 2. The van der Waals surface area contributed by atoms with Gasteiger partial charge < -0.3 is 9.72 Å². The molecule has 1 aromatic heterocycles. The van der Waals surface area contributed by atoms with E-state index in [0.29, 0.717) is 0 Å². The highest BCUT2D eigenvalue weighted by Crippen LogP contribution is 2.35. The van der Waals surface area contributed by atoms with Crippen molar-refractivity contribution in [1.82, 2.24) is 9.97 Å². The van der Waals surface area contributed by atoms with Crippen LogP contribution in [0, 0.1) is 0 Å². The number of aromatic amines is 1. The van der Waals surface area contributed by atoms with Crippen LogP contribution >= 0.6 is 0 Å². The minimum atomic E-state index is 0.0821. The zero-order valence-corrected chi connectivity index (χ0v) is 7.60. The van der Waals surface area contributed by atoms with E-state index in [1.807, 2.05) is 24.4 Å². The number of imidazole rings is 1. The number of nitrogens with zero attached hydrogens (tertiary/aromatic N) is 1. The van der Waals surface area contributed by atoms with E-state index in [-0.39, 0.29) is 6.10 Å². The van der Waals surface area contributed by atoms with Crippen molar-refractivity contribution < 1.29 is 4.74 Å². The van der Waals surface area contributed by atoms with Gasteiger partial charge in [-0.3, -0.25) is 0 Å². The summed E-state index contributed by atoms with van der Waals surface area (Å²) >= 11 is 0. The van der Waals surface area contributed by atoms with Crippen molar-refractivity contribution in [2.45, 2.75) is 12.5 Å². The maximum atomic E-state index is 5.77. The van der Waals surface area contributed by atoms with E-state index in [1.54, 1.807) is 6.33 Å². The fraction of sp³-hybridized carbons (Fsp3) is 0.182. The summed E-state index contributed by atoms with van der Waals surface area (Å²) in [5, 5.41) is 0. The van der Waals surface area contributed by atoms with Crippen molar-refractivity contribution in [1.29, 1.82) is 0 Å².